The van der Waals surface area contributed by atoms with Gasteiger partial charge in [0, 0.05) is 26.7 Å². The van der Waals surface area contributed by atoms with E-state index in [2.05, 4.69) is 12.2 Å². The number of hydrogen-bond donors (Lipinski definition) is 1. The van der Waals surface area contributed by atoms with Gasteiger partial charge in [0.05, 0.1) is 0 Å². The van der Waals surface area contributed by atoms with Crippen LogP contribution in [0.15, 0.2) is 0 Å². The number of hydrogen-bond acceptors (Lipinski definition) is 3. The Morgan fingerprint density at radius 1 is 1.50 bits per heavy atom. The summed E-state index contributed by atoms with van der Waals surface area (Å²) < 4.78 is 5.43. The first-order valence-corrected chi connectivity index (χ1v) is 5.64. The highest BCUT2D eigenvalue weighted by Crippen LogP contribution is 1.99. The van der Waals surface area contributed by atoms with Crippen LogP contribution in [0.1, 0.15) is 26.7 Å². The smallest absolute Gasteiger partial charge is 0.251 e. The van der Waals surface area contributed by atoms with E-state index in [-0.39, 0.29) is 24.4 Å². The van der Waals surface area contributed by atoms with Crippen LogP contribution in [0.4, 0.5) is 0 Å². The van der Waals surface area contributed by atoms with Crippen LogP contribution >= 0.6 is 12.4 Å². The highest BCUT2D eigenvalue weighted by atomic mass is 35.5. The van der Waals surface area contributed by atoms with Crippen molar-refractivity contribution in [3.05, 3.63) is 0 Å². The van der Waals surface area contributed by atoms with E-state index < -0.39 is 0 Å². The number of rotatable bonds is 8. The quantitative estimate of drug-likeness (QED) is 0.662. The molecule has 0 saturated heterocycles. The van der Waals surface area contributed by atoms with Gasteiger partial charge in [-0.1, -0.05) is 13.3 Å². The Kier molecular flexibility index (Phi) is 12.6. The molecule has 0 aromatic rings. The summed E-state index contributed by atoms with van der Waals surface area (Å²) in [5.41, 5.74) is 0. The van der Waals surface area contributed by atoms with Crippen molar-refractivity contribution in [2.45, 2.75) is 32.8 Å². The van der Waals surface area contributed by atoms with E-state index in [4.69, 9.17) is 4.74 Å². The molecule has 1 unspecified atom stereocenters. The molecular weight excluding hydrogens is 228 g/mol. The normalized spacial score (nSPS) is 11.8. The highest BCUT2D eigenvalue weighted by molar-refractivity contribution is 5.85. The molecule has 0 saturated carbocycles. The summed E-state index contributed by atoms with van der Waals surface area (Å²) in [5, 5.41) is 3.01. The van der Waals surface area contributed by atoms with Crippen molar-refractivity contribution >= 4 is 18.3 Å². The number of amides is 1. The first-order valence-electron chi connectivity index (χ1n) is 5.64. The number of halogens is 1. The number of ether oxygens (including phenoxy) is 1. The molecule has 0 aromatic heterocycles. The Balaban J connectivity index is 0. The minimum atomic E-state index is -0.321. The topological polar surface area (TPSA) is 41.6 Å². The maximum atomic E-state index is 11.7. The zero-order valence-corrected chi connectivity index (χ0v) is 11.6. The van der Waals surface area contributed by atoms with Crippen molar-refractivity contribution in [2.24, 2.45) is 0 Å². The summed E-state index contributed by atoms with van der Waals surface area (Å²) in [6.45, 7) is 6.12. The number of nitrogens with zero attached hydrogens (tertiary/aromatic N) is 1. The molecule has 5 heteroatoms. The predicted octanol–water partition coefficient (Wildman–Crippen LogP) is 1.29. The maximum Gasteiger partial charge on any atom is 0.251 e. The maximum absolute atomic E-state index is 11.7. The van der Waals surface area contributed by atoms with Crippen LogP contribution in [0.2, 0.25) is 0 Å². The molecule has 1 atom stereocenters. The van der Waals surface area contributed by atoms with Gasteiger partial charge in [0.2, 0.25) is 0 Å². The molecule has 0 rings (SSSR count). The second-order valence-corrected chi connectivity index (χ2v) is 3.73. The first kappa shape index (κ1) is 18.1. The predicted molar refractivity (Wildman–Crippen MR) is 69.1 cm³/mol. The lowest BCUT2D eigenvalue weighted by Gasteiger charge is -2.21. The standard InChI is InChI=1S/C11H24N2O2.ClH/c1-5-6-9-15-10(2)11(14)13(4)8-7-12-3;/h10,12H,5-9H2,1-4H3;1H. The van der Waals surface area contributed by atoms with E-state index >= 15 is 0 Å². The van der Waals surface area contributed by atoms with E-state index in [0.29, 0.717) is 6.61 Å². The molecule has 1 N–H and O–H groups in total. The summed E-state index contributed by atoms with van der Waals surface area (Å²) in [6, 6.07) is 0. The minimum absolute atomic E-state index is 0. The Morgan fingerprint density at radius 2 is 2.12 bits per heavy atom. The molecule has 0 bridgehead atoms. The van der Waals surface area contributed by atoms with Gasteiger partial charge in [-0.05, 0) is 20.4 Å². The van der Waals surface area contributed by atoms with Gasteiger partial charge in [-0.3, -0.25) is 4.79 Å². The fourth-order valence-corrected chi connectivity index (χ4v) is 1.18. The molecule has 0 fully saturated rings. The lowest BCUT2D eigenvalue weighted by Crippen LogP contribution is -2.39. The van der Waals surface area contributed by atoms with Crippen LogP contribution < -0.4 is 5.32 Å². The molecular formula is C11H25ClN2O2. The number of unbranched alkanes of at least 4 members (excludes halogenated alkanes) is 1. The largest absolute Gasteiger partial charge is 0.369 e. The second kappa shape index (κ2) is 11.2. The number of carbonyl (C=O) groups is 1. The van der Waals surface area contributed by atoms with Crippen LogP contribution in [0.25, 0.3) is 0 Å². The molecule has 0 aliphatic carbocycles. The molecule has 0 aliphatic heterocycles. The molecule has 0 aromatic carbocycles. The third kappa shape index (κ3) is 7.91. The zero-order chi connectivity index (χ0) is 11.7. The van der Waals surface area contributed by atoms with Gasteiger partial charge < -0.3 is 15.0 Å². The third-order valence-electron chi connectivity index (χ3n) is 2.29. The highest BCUT2D eigenvalue weighted by Gasteiger charge is 2.16. The monoisotopic (exact) mass is 252 g/mol. The van der Waals surface area contributed by atoms with Crippen LogP contribution in [0, 0.1) is 0 Å². The van der Waals surface area contributed by atoms with Crippen LogP contribution in [-0.2, 0) is 9.53 Å². The van der Waals surface area contributed by atoms with Gasteiger partial charge in [-0.25, -0.2) is 0 Å². The minimum Gasteiger partial charge on any atom is -0.369 e. The van der Waals surface area contributed by atoms with Gasteiger partial charge in [0.1, 0.15) is 6.10 Å². The van der Waals surface area contributed by atoms with E-state index in [1.165, 1.54) is 0 Å². The molecule has 98 valence electrons. The first-order chi connectivity index (χ1) is 7.13. The Labute approximate surface area is 105 Å². The molecule has 16 heavy (non-hydrogen) atoms. The van der Waals surface area contributed by atoms with Crippen LogP contribution in [0.3, 0.4) is 0 Å². The summed E-state index contributed by atoms with van der Waals surface area (Å²) >= 11 is 0. The molecule has 1 amide bonds. The van der Waals surface area contributed by atoms with Gasteiger partial charge in [0.25, 0.3) is 5.91 Å². The van der Waals surface area contributed by atoms with Crippen molar-refractivity contribution < 1.29 is 9.53 Å². The Bertz CT molecular complexity index is 179. The van der Waals surface area contributed by atoms with Crippen molar-refractivity contribution in [1.82, 2.24) is 10.2 Å². The summed E-state index contributed by atoms with van der Waals surface area (Å²) in [7, 11) is 3.68. The number of carbonyl (C=O) groups excluding carboxylic acids is 1. The molecule has 4 nitrogen and oxygen atoms in total. The van der Waals surface area contributed by atoms with Gasteiger partial charge in [0.15, 0.2) is 0 Å². The van der Waals surface area contributed by atoms with E-state index in [1.807, 2.05) is 14.0 Å². The molecule has 0 radical (unpaired) electrons. The van der Waals surface area contributed by atoms with Crippen molar-refractivity contribution in [3.8, 4) is 0 Å². The SMILES string of the molecule is CCCCOC(C)C(=O)N(C)CCNC.Cl. The van der Waals surface area contributed by atoms with E-state index in [0.717, 1.165) is 25.9 Å². The van der Waals surface area contributed by atoms with Crippen molar-refractivity contribution in [2.75, 3.05) is 33.8 Å². The lowest BCUT2D eigenvalue weighted by molar-refractivity contribution is -0.141. The Morgan fingerprint density at radius 3 is 2.62 bits per heavy atom. The van der Waals surface area contributed by atoms with E-state index in [1.54, 1.807) is 11.9 Å². The molecule has 0 aliphatic rings. The zero-order valence-electron chi connectivity index (χ0n) is 10.8. The van der Waals surface area contributed by atoms with Crippen LogP contribution in [-0.4, -0.2) is 50.7 Å². The Hall–Kier alpha value is -0.320. The fourth-order valence-electron chi connectivity index (χ4n) is 1.18. The number of likely N-dealkylation sites (N-methyl/N-ethyl adjacent to an activating group) is 2. The lowest BCUT2D eigenvalue weighted by atomic mass is 10.3. The fraction of sp³-hybridized carbons (Fsp3) is 0.909. The van der Waals surface area contributed by atoms with Gasteiger partial charge in [-0.2, -0.15) is 0 Å². The van der Waals surface area contributed by atoms with Crippen molar-refractivity contribution in [1.29, 1.82) is 0 Å². The van der Waals surface area contributed by atoms with Crippen molar-refractivity contribution in [3.63, 3.8) is 0 Å². The average molecular weight is 253 g/mol. The van der Waals surface area contributed by atoms with Gasteiger partial charge in [-0.15, -0.1) is 12.4 Å². The number of nitrogens with one attached hydrogen (secondary N) is 1. The molecule has 0 spiro atoms. The van der Waals surface area contributed by atoms with E-state index in [9.17, 15) is 4.79 Å². The third-order valence-corrected chi connectivity index (χ3v) is 2.29. The second-order valence-electron chi connectivity index (χ2n) is 3.73. The average Bonchev–Trinajstić information content (AvgIpc) is 2.24. The summed E-state index contributed by atoms with van der Waals surface area (Å²) in [6.07, 6.45) is 1.78. The summed E-state index contributed by atoms with van der Waals surface area (Å²) in [4.78, 5) is 13.4. The molecule has 0 heterocycles. The summed E-state index contributed by atoms with van der Waals surface area (Å²) in [5.74, 6) is 0.0568. The van der Waals surface area contributed by atoms with Crippen LogP contribution in [0.5, 0.6) is 0 Å². The van der Waals surface area contributed by atoms with Gasteiger partial charge >= 0.3 is 0 Å².